The quantitative estimate of drug-likeness (QED) is 0.401. The van der Waals surface area contributed by atoms with Crippen molar-refractivity contribution in [2.75, 3.05) is 41.8 Å². The number of hydrogen-bond donors (Lipinski definition) is 2. The molecule has 8 heteroatoms. The zero-order valence-corrected chi connectivity index (χ0v) is 19.9. The van der Waals surface area contributed by atoms with E-state index in [1.807, 2.05) is 55.1 Å². The molecule has 8 nitrogen and oxygen atoms in total. The molecule has 0 saturated carbocycles. The second-order valence-electron chi connectivity index (χ2n) is 8.58. The number of carbonyl (C=O) groups is 1. The van der Waals surface area contributed by atoms with Gasteiger partial charge in [0.2, 0.25) is 11.9 Å². The minimum atomic E-state index is -0.237. The standard InChI is InChI=1S/C27H28N6O2/c1-4-25(34)29-20-7-10-22-23(17-32(3)24(22)15-20)26-18(2)16-28-27(31-26)30-19-5-8-21(9-6-19)33-11-13-35-14-12-33/h4-10,15-17H,1,11-14H2,2-3H3,(H,29,34)(H,28,30,31). The van der Waals surface area contributed by atoms with Crippen molar-refractivity contribution in [3.63, 3.8) is 0 Å². The van der Waals surface area contributed by atoms with E-state index in [4.69, 9.17) is 9.72 Å². The number of carbonyl (C=O) groups excluding carboxylic acids is 1. The van der Waals surface area contributed by atoms with Gasteiger partial charge in [-0.1, -0.05) is 12.6 Å². The zero-order valence-electron chi connectivity index (χ0n) is 19.9. The number of fused-ring (bicyclic) bond motifs is 1. The van der Waals surface area contributed by atoms with Crippen LogP contribution < -0.4 is 15.5 Å². The summed E-state index contributed by atoms with van der Waals surface area (Å²) < 4.78 is 7.48. The molecule has 3 heterocycles. The number of morpholine rings is 1. The first-order chi connectivity index (χ1) is 17.0. The molecule has 0 aliphatic carbocycles. The number of ether oxygens (including phenoxy) is 1. The summed E-state index contributed by atoms with van der Waals surface area (Å²) >= 11 is 0. The minimum absolute atomic E-state index is 0.237. The number of hydrogen-bond acceptors (Lipinski definition) is 6. The molecule has 1 amide bonds. The molecule has 0 radical (unpaired) electrons. The minimum Gasteiger partial charge on any atom is -0.378 e. The summed E-state index contributed by atoms with van der Waals surface area (Å²) in [6.45, 7) is 8.86. The highest BCUT2D eigenvalue weighted by atomic mass is 16.5. The van der Waals surface area contributed by atoms with Gasteiger partial charge in [-0.15, -0.1) is 0 Å². The Morgan fingerprint density at radius 3 is 2.60 bits per heavy atom. The first-order valence-corrected chi connectivity index (χ1v) is 11.6. The second kappa shape index (κ2) is 9.60. The molecule has 2 aromatic heterocycles. The van der Waals surface area contributed by atoms with Crippen LogP contribution >= 0.6 is 0 Å². The average Bonchev–Trinajstić information content (AvgIpc) is 3.21. The maximum atomic E-state index is 11.7. The Hall–Kier alpha value is -4.17. The van der Waals surface area contributed by atoms with Crippen LogP contribution in [0.4, 0.5) is 23.0 Å². The summed E-state index contributed by atoms with van der Waals surface area (Å²) in [5.74, 6) is 0.302. The van der Waals surface area contributed by atoms with Gasteiger partial charge in [0.15, 0.2) is 0 Å². The maximum absolute atomic E-state index is 11.7. The van der Waals surface area contributed by atoms with E-state index >= 15 is 0 Å². The number of anilines is 4. The third-order valence-corrected chi connectivity index (χ3v) is 6.17. The van der Waals surface area contributed by atoms with Crippen LogP contribution in [0.5, 0.6) is 0 Å². The fraction of sp³-hybridized carbons (Fsp3) is 0.222. The highest BCUT2D eigenvalue weighted by Gasteiger charge is 2.15. The first kappa shape index (κ1) is 22.6. The summed E-state index contributed by atoms with van der Waals surface area (Å²) in [7, 11) is 1.98. The van der Waals surface area contributed by atoms with Gasteiger partial charge in [-0.05, 0) is 55.0 Å². The molecular weight excluding hydrogens is 440 g/mol. The Bertz CT molecular complexity index is 1390. The van der Waals surface area contributed by atoms with Crippen molar-refractivity contribution in [2.45, 2.75) is 6.92 Å². The predicted molar refractivity (Wildman–Crippen MR) is 140 cm³/mol. The number of nitrogens with one attached hydrogen (secondary N) is 2. The average molecular weight is 469 g/mol. The van der Waals surface area contributed by atoms with Crippen molar-refractivity contribution in [3.8, 4) is 11.3 Å². The van der Waals surface area contributed by atoms with Gasteiger partial charge in [0.1, 0.15) is 0 Å². The van der Waals surface area contributed by atoms with Gasteiger partial charge in [-0.25, -0.2) is 9.97 Å². The molecule has 2 aromatic carbocycles. The van der Waals surface area contributed by atoms with Gasteiger partial charge in [0, 0.05) is 60.5 Å². The Morgan fingerprint density at radius 1 is 1.11 bits per heavy atom. The van der Waals surface area contributed by atoms with Crippen LogP contribution in [0.3, 0.4) is 0 Å². The highest BCUT2D eigenvalue weighted by molar-refractivity contribution is 6.02. The summed E-state index contributed by atoms with van der Waals surface area (Å²) in [6, 6.07) is 14.1. The zero-order chi connectivity index (χ0) is 24.4. The SMILES string of the molecule is C=CC(=O)Nc1ccc2c(-c3nc(Nc4ccc(N5CCOCC5)cc4)ncc3C)cn(C)c2c1. The van der Waals surface area contributed by atoms with E-state index in [-0.39, 0.29) is 5.91 Å². The van der Waals surface area contributed by atoms with Gasteiger partial charge in [0.05, 0.1) is 24.4 Å². The van der Waals surface area contributed by atoms with Crippen LogP contribution in [0, 0.1) is 6.92 Å². The van der Waals surface area contributed by atoms with Crippen molar-refractivity contribution in [1.29, 1.82) is 0 Å². The lowest BCUT2D eigenvalue weighted by Gasteiger charge is -2.28. The second-order valence-corrected chi connectivity index (χ2v) is 8.58. The Labute approximate surface area is 204 Å². The van der Waals surface area contributed by atoms with Gasteiger partial charge < -0.3 is 24.8 Å². The molecule has 0 atom stereocenters. The summed E-state index contributed by atoms with van der Waals surface area (Å²) in [4.78, 5) is 23.4. The molecule has 1 fully saturated rings. The molecule has 4 aromatic rings. The van der Waals surface area contributed by atoms with E-state index in [1.54, 1.807) is 0 Å². The largest absolute Gasteiger partial charge is 0.378 e. The van der Waals surface area contributed by atoms with E-state index < -0.39 is 0 Å². The van der Waals surface area contributed by atoms with Crippen molar-refractivity contribution in [1.82, 2.24) is 14.5 Å². The van der Waals surface area contributed by atoms with Gasteiger partial charge >= 0.3 is 0 Å². The van der Waals surface area contributed by atoms with Gasteiger partial charge in [-0.3, -0.25) is 4.79 Å². The molecule has 178 valence electrons. The number of nitrogens with zero attached hydrogens (tertiary/aromatic N) is 4. The smallest absolute Gasteiger partial charge is 0.247 e. The van der Waals surface area contributed by atoms with E-state index in [1.165, 1.54) is 11.8 Å². The fourth-order valence-electron chi connectivity index (χ4n) is 4.32. The van der Waals surface area contributed by atoms with Crippen molar-refractivity contribution in [3.05, 3.63) is 73.1 Å². The molecule has 35 heavy (non-hydrogen) atoms. The maximum Gasteiger partial charge on any atom is 0.247 e. The number of aromatic nitrogens is 3. The number of rotatable bonds is 6. The third kappa shape index (κ3) is 4.74. The summed E-state index contributed by atoms with van der Waals surface area (Å²) in [6.07, 6.45) is 5.15. The molecular formula is C27H28N6O2. The van der Waals surface area contributed by atoms with E-state index in [0.717, 1.165) is 65.4 Å². The molecule has 0 bridgehead atoms. The van der Waals surface area contributed by atoms with Crippen LogP contribution in [0.15, 0.2) is 67.5 Å². The van der Waals surface area contributed by atoms with Crippen LogP contribution in [0.25, 0.3) is 22.2 Å². The summed E-state index contributed by atoms with van der Waals surface area (Å²) in [5.41, 5.74) is 6.68. The van der Waals surface area contributed by atoms with Crippen LogP contribution in [0.1, 0.15) is 5.56 Å². The fourth-order valence-corrected chi connectivity index (χ4v) is 4.32. The number of benzene rings is 2. The van der Waals surface area contributed by atoms with E-state index in [0.29, 0.717) is 5.95 Å². The Kier molecular flexibility index (Phi) is 6.20. The highest BCUT2D eigenvalue weighted by Crippen LogP contribution is 2.33. The van der Waals surface area contributed by atoms with Gasteiger partial charge in [0.25, 0.3) is 0 Å². The van der Waals surface area contributed by atoms with Crippen LogP contribution in [-0.2, 0) is 16.6 Å². The number of amides is 1. The summed E-state index contributed by atoms with van der Waals surface area (Å²) in [5, 5.41) is 7.20. The van der Waals surface area contributed by atoms with Gasteiger partial charge in [-0.2, -0.15) is 0 Å². The monoisotopic (exact) mass is 468 g/mol. The van der Waals surface area contributed by atoms with E-state index in [9.17, 15) is 4.79 Å². The molecule has 0 unspecified atom stereocenters. The van der Waals surface area contributed by atoms with Crippen molar-refractivity contribution in [2.24, 2.45) is 7.05 Å². The lowest BCUT2D eigenvalue weighted by molar-refractivity contribution is -0.111. The third-order valence-electron chi connectivity index (χ3n) is 6.17. The molecule has 2 N–H and O–H groups in total. The topological polar surface area (TPSA) is 84.3 Å². The lowest BCUT2D eigenvalue weighted by Crippen LogP contribution is -2.36. The first-order valence-electron chi connectivity index (χ1n) is 11.6. The van der Waals surface area contributed by atoms with Crippen LogP contribution in [-0.4, -0.2) is 46.7 Å². The van der Waals surface area contributed by atoms with Crippen molar-refractivity contribution >= 4 is 39.8 Å². The molecule has 1 saturated heterocycles. The lowest BCUT2D eigenvalue weighted by atomic mass is 10.1. The molecule has 0 spiro atoms. The predicted octanol–water partition coefficient (Wildman–Crippen LogP) is 4.65. The van der Waals surface area contributed by atoms with Crippen LogP contribution in [0.2, 0.25) is 0 Å². The molecule has 1 aliphatic heterocycles. The normalized spacial score (nSPS) is 13.6. The van der Waals surface area contributed by atoms with E-state index in [2.05, 4.69) is 45.4 Å². The Balaban J connectivity index is 1.41. The molecule has 5 rings (SSSR count). The molecule has 1 aliphatic rings. The van der Waals surface area contributed by atoms with Crippen molar-refractivity contribution < 1.29 is 9.53 Å². The number of aryl methyl sites for hydroxylation is 2. The Morgan fingerprint density at radius 2 is 1.86 bits per heavy atom.